The molecule has 0 atom stereocenters. The van der Waals surface area contributed by atoms with E-state index in [0.29, 0.717) is 6.54 Å². The summed E-state index contributed by atoms with van der Waals surface area (Å²) < 4.78 is 15.6. The second-order valence-corrected chi connectivity index (χ2v) is 6.34. The first-order valence-corrected chi connectivity index (χ1v) is 9.01. The second-order valence-electron chi connectivity index (χ2n) is 6.34. The summed E-state index contributed by atoms with van der Waals surface area (Å²) in [6, 6.07) is 7.84. The Kier molecular flexibility index (Phi) is 6.54. The van der Waals surface area contributed by atoms with Crippen molar-refractivity contribution < 1.29 is 14.0 Å². The van der Waals surface area contributed by atoms with Crippen molar-refractivity contribution in [3.63, 3.8) is 0 Å². The zero-order valence-electron chi connectivity index (χ0n) is 16.1. The minimum Gasteiger partial charge on any atom is -0.493 e. The van der Waals surface area contributed by atoms with Gasteiger partial charge in [-0.2, -0.15) is 0 Å². The zero-order valence-corrected chi connectivity index (χ0v) is 16.1. The van der Waals surface area contributed by atoms with Gasteiger partial charge in [0.05, 0.1) is 19.9 Å². The average Bonchev–Trinajstić information content (AvgIpc) is 3.22. The largest absolute Gasteiger partial charge is 0.493 e. The quantitative estimate of drug-likeness (QED) is 0.609. The molecule has 1 aromatic heterocycles. The summed E-state index contributed by atoms with van der Waals surface area (Å²) in [5.74, 6) is 2.37. The lowest BCUT2D eigenvalue weighted by Gasteiger charge is -2.36. The van der Waals surface area contributed by atoms with Gasteiger partial charge in [-0.3, -0.25) is 9.89 Å². The Morgan fingerprint density at radius 3 is 2.56 bits per heavy atom. The second kappa shape index (κ2) is 9.27. The van der Waals surface area contributed by atoms with E-state index >= 15 is 0 Å². The van der Waals surface area contributed by atoms with Crippen LogP contribution in [0.3, 0.4) is 0 Å². The van der Waals surface area contributed by atoms with Gasteiger partial charge in [-0.15, -0.1) is 0 Å². The number of guanidine groups is 1. The Morgan fingerprint density at radius 1 is 1.15 bits per heavy atom. The smallest absolute Gasteiger partial charge is 0.194 e. The first kappa shape index (κ1) is 19.0. The van der Waals surface area contributed by atoms with Crippen LogP contribution in [0.2, 0.25) is 0 Å². The third kappa shape index (κ3) is 4.91. The van der Waals surface area contributed by atoms with Gasteiger partial charge in [0.2, 0.25) is 0 Å². The van der Waals surface area contributed by atoms with Crippen LogP contribution in [0, 0.1) is 0 Å². The number of benzene rings is 1. The molecular weight excluding hydrogens is 346 g/mol. The molecule has 1 aliphatic heterocycles. The number of piperazine rings is 1. The molecule has 0 amide bonds. The highest BCUT2D eigenvalue weighted by atomic mass is 16.5. The number of hydrogen-bond donors (Lipinski definition) is 1. The molecular formula is C19H27N5O3. The molecule has 2 heterocycles. The van der Waals surface area contributed by atoms with Crippen LogP contribution in [0.15, 0.2) is 40.0 Å². The van der Waals surface area contributed by atoms with E-state index in [4.69, 9.17) is 14.0 Å². The number of rotatable bonds is 6. The molecule has 1 fully saturated rings. The van der Waals surface area contributed by atoms with Gasteiger partial charge in [-0.25, -0.2) is 0 Å². The third-order valence-electron chi connectivity index (χ3n) is 4.66. The minimum absolute atomic E-state index is 0.673. The minimum atomic E-state index is 0.673. The maximum atomic E-state index is 5.37. The summed E-state index contributed by atoms with van der Waals surface area (Å²) in [7, 11) is 5.10. The first-order valence-electron chi connectivity index (χ1n) is 9.01. The molecule has 1 aromatic carbocycles. The maximum absolute atomic E-state index is 5.37. The van der Waals surface area contributed by atoms with Crippen molar-refractivity contribution in [3.8, 4) is 11.5 Å². The van der Waals surface area contributed by atoms with E-state index < -0.39 is 0 Å². The summed E-state index contributed by atoms with van der Waals surface area (Å²) in [6.45, 7) is 5.26. The Labute approximate surface area is 159 Å². The fourth-order valence-corrected chi connectivity index (χ4v) is 3.17. The fraction of sp³-hybridized carbons (Fsp3) is 0.474. The molecule has 146 valence electrons. The van der Waals surface area contributed by atoms with Crippen molar-refractivity contribution >= 4 is 5.96 Å². The van der Waals surface area contributed by atoms with Crippen LogP contribution >= 0.6 is 0 Å². The van der Waals surface area contributed by atoms with Crippen molar-refractivity contribution in [1.82, 2.24) is 20.3 Å². The van der Waals surface area contributed by atoms with E-state index in [0.717, 1.165) is 61.4 Å². The zero-order chi connectivity index (χ0) is 19.1. The molecule has 0 radical (unpaired) electrons. The predicted molar refractivity (Wildman–Crippen MR) is 103 cm³/mol. The van der Waals surface area contributed by atoms with Gasteiger partial charge in [0.1, 0.15) is 6.26 Å². The van der Waals surface area contributed by atoms with Crippen LogP contribution in [0.5, 0.6) is 11.5 Å². The first-order chi connectivity index (χ1) is 13.2. The Bertz CT molecular complexity index is 740. The lowest BCUT2D eigenvalue weighted by atomic mass is 10.2. The highest BCUT2D eigenvalue weighted by Gasteiger charge is 2.20. The lowest BCUT2D eigenvalue weighted by molar-refractivity contribution is 0.169. The molecule has 1 aliphatic rings. The predicted octanol–water partition coefficient (Wildman–Crippen LogP) is 1.58. The Hall–Kier alpha value is -2.74. The van der Waals surface area contributed by atoms with Crippen molar-refractivity contribution in [2.75, 3.05) is 47.4 Å². The van der Waals surface area contributed by atoms with E-state index in [9.17, 15) is 0 Å². The Morgan fingerprint density at radius 2 is 1.93 bits per heavy atom. The van der Waals surface area contributed by atoms with Crippen LogP contribution in [0.4, 0.5) is 0 Å². The van der Waals surface area contributed by atoms with E-state index in [2.05, 4.69) is 25.3 Å². The van der Waals surface area contributed by atoms with Crippen LogP contribution in [-0.4, -0.2) is 68.4 Å². The molecule has 0 saturated carbocycles. The van der Waals surface area contributed by atoms with Crippen LogP contribution in [0.25, 0.3) is 0 Å². The molecule has 0 spiro atoms. The van der Waals surface area contributed by atoms with Crippen LogP contribution < -0.4 is 14.8 Å². The molecule has 27 heavy (non-hydrogen) atoms. The molecule has 0 bridgehead atoms. The number of nitrogens with zero attached hydrogens (tertiary/aromatic N) is 4. The Balaban J connectivity index is 1.51. The normalized spacial score (nSPS) is 15.7. The standard InChI is InChI=1S/C19H27N5O3/c1-20-19(21-13-15-4-5-17(25-2)18(12-15)26-3)24-9-7-23(8-10-24)14-16-6-11-27-22-16/h4-6,11-12H,7-10,13-14H2,1-3H3,(H,20,21). The average molecular weight is 373 g/mol. The SMILES string of the molecule is CN=C(NCc1ccc(OC)c(OC)c1)N1CCN(Cc2ccon2)CC1. The number of aliphatic imine (C=N–C) groups is 1. The number of ether oxygens (including phenoxy) is 2. The van der Waals surface area contributed by atoms with Gasteiger partial charge < -0.3 is 24.2 Å². The molecule has 2 aromatic rings. The molecule has 8 heteroatoms. The van der Waals surface area contributed by atoms with Crippen LogP contribution in [-0.2, 0) is 13.1 Å². The molecule has 8 nitrogen and oxygen atoms in total. The molecule has 0 aliphatic carbocycles. The van der Waals surface area contributed by atoms with Crippen molar-refractivity contribution in [1.29, 1.82) is 0 Å². The van der Waals surface area contributed by atoms with E-state index in [1.165, 1.54) is 0 Å². The molecule has 1 saturated heterocycles. The summed E-state index contributed by atoms with van der Waals surface area (Å²) >= 11 is 0. The van der Waals surface area contributed by atoms with Crippen molar-refractivity contribution in [2.45, 2.75) is 13.1 Å². The van der Waals surface area contributed by atoms with Crippen molar-refractivity contribution in [3.05, 3.63) is 41.8 Å². The summed E-state index contributed by atoms with van der Waals surface area (Å²) in [5.41, 5.74) is 2.08. The van der Waals surface area contributed by atoms with E-state index in [-0.39, 0.29) is 0 Å². The highest BCUT2D eigenvalue weighted by molar-refractivity contribution is 5.80. The highest BCUT2D eigenvalue weighted by Crippen LogP contribution is 2.27. The lowest BCUT2D eigenvalue weighted by Crippen LogP contribution is -2.52. The van der Waals surface area contributed by atoms with Gasteiger partial charge >= 0.3 is 0 Å². The van der Waals surface area contributed by atoms with Gasteiger partial charge in [-0.05, 0) is 17.7 Å². The third-order valence-corrected chi connectivity index (χ3v) is 4.66. The summed E-state index contributed by atoms with van der Waals surface area (Å²) in [5, 5.41) is 7.42. The van der Waals surface area contributed by atoms with Gasteiger partial charge in [0, 0.05) is 52.4 Å². The van der Waals surface area contributed by atoms with Crippen molar-refractivity contribution in [2.24, 2.45) is 4.99 Å². The number of nitrogens with one attached hydrogen (secondary N) is 1. The maximum Gasteiger partial charge on any atom is 0.194 e. The summed E-state index contributed by atoms with van der Waals surface area (Å²) in [6.07, 6.45) is 1.62. The number of hydrogen-bond acceptors (Lipinski definition) is 6. The monoisotopic (exact) mass is 373 g/mol. The molecule has 0 unspecified atom stereocenters. The fourth-order valence-electron chi connectivity index (χ4n) is 3.17. The number of aromatic nitrogens is 1. The van der Waals surface area contributed by atoms with Gasteiger partial charge in [-0.1, -0.05) is 11.2 Å². The summed E-state index contributed by atoms with van der Waals surface area (Å²) in [4.78, 5) is 9.08. The number of methoxy groups -OCH3 is 2. The topological polar surface area (TPSA) is 75.4 Å². The van der Waals surface area contributed by atoms with Gasteiger partial charge in [0.15, 0.2) is 17.5 Å². The van der Waals surface area contributed by atoms with Crippen LogP contribution in [0.1, 0.15) is 11.3 Å². The van der Waals surface area contributed by atoms with E-state index in [1.54, 1.807) is 20.5 Å². The molecule has 3 rings (SSSR count). The van der Waals surface area contributed by atoms with Gasteiger partial charge in [0.25, 0.3) is 0 Å². The molecule has 1 N–H and O–H groups in total. The van der Waals surface area contributed by atoms with E-state index in [1.807, 2.05) is 31.3 Å².